The Bertz CT molecular complexity index is 1280. The molecule has 14 nitrogen and oxygen atoms in total. The van der Waals surface area contributed by atoms with Gasteiger partial charge in [-0.3, -0.25) is 14.4 Å². The largest absolute Gasteiger partial charge is 0.462 e. The molecular formula is C29H44N6O8S. The molecular weight excluding hydrogens is 592 g/mol. The maximum Gasteiger partial charge on any atom is 0.428 e. The van der Waals surface area contributed by atoms with Crippen LogP contribution in [0.1, 0.15) is 52.0 Å². The van der Waals surface area contributed by atoms with Crippen molar-refractivity contribution in [2.75, 3.05) is 39.0 Å². The number of rotatable bonds is 13. The van der Waals surface area contributed by atoms with E-state index in [-0.39, 0.29) is 24.9 Å². The number of benzene rings is 1. The average Bonchev–Trinajstić information content (AvgIpc) is 3.45. The fourth-order valence-corrected chi connectivity index (χ4v) is 5.87. The van der Waals surface area contributed by atoms with E-state index >= 15 is 0 Å². The Morgan fingerprint density at radius 1 is 1.09 bits per heavy atom. The second-order valence-corrected chi connectivity index (χ2v) is 13.6. The number of ether oxygens (including phenoxy) is 2. The quantitative estimate of drug-likeness (QED) is 0.123. The van der Waals surface area contributed by atoms with Crippen molar-refractivity contribution in [2.45, 2.75) is 70.6 Å². The van der Waals surface area contributed by atoms with Gasteiger partial charge in [-0.15, -0.1) is 0 Å². The molecule has 3 N–H and O–H groups in total. The Morgan fingerprint density at radius 2 is 1.77 bits per heavy atom. The van der Waals surface area contributed by atoms with E-state index in [1.165, 1.54) is 18.2 Å². The molecule has 0 aromatic heterocycles. The second kappa shape index (κ2) is 15.8. The summed E-state index contributed by atoms with van der Waals surface area (Å²) in [5, 5.41) is 6.93. The van der Waals surface area contributed by atoms with Crippen molar-refractivity contribution in [1.29, 1.82) is 0 Å². The summed E-state index contributed by atoms with van der Waals surface area (Å²) in [6.45, 7) is 6.61. The predicted molar refractivity (Wildman–Crippen MR) is 163 cm³/mol. The fourth-order valence-electron chi connectivity index (χ4n) is 5.17. The summed E-state index contributed by atoms with van der Waals surface area (Å²) in [4.78, 5) is 53.1. The average molecular weight is 637 g/mol. The maximum atomic E-state index is 13.5. The van der Waals surface area contributed by atoms with E-state index in [9.17, 15) is 27.6 Å². The van der Waals surface area contributed by atoms with E-state index in [0.29, 0.717) is 39.0 Å². The first-order chi connectivity index (χ1) is 20.7. The predicted octanol–water partition coefficient (Wildman–Crippen LogP) is 0.977. The van der Waals surface area contributed by atoms with Crippen LogP contribution in [-0.4, -0.2) is 105 Å². The lowest BCUT2D eigenvalue weighted by Crippen LogP contribution is -2.54. The molecule has 0 bridgehead atoms. The number of piperidine rings is 1. The molecule has 1 aromatic rings. The second-order valence-electron chi connectivity index (χ2n) is 11.8. The van der Waals surface area contributed by atoms with Gasteiger partial charge in [0.05, 0.1) is 6.26 Å². The van der Waals surface area contributed by atoms with Crippen molar-refractivity contribution in [3.63, 3.8) is 0 Å². The van der Waals surface area contributed by atoms with Crippen LogP contribution in [0.4, 0.5) is 4.79 Å². The molecule has 2 heterocycles. The van der Waals surface area contributed by atoms with Crippen molar-refractivity contribution in [3.8, 4) is 0 Å². The number of nitrogens with zero attached hydrogens (tertiary/aromatic N) is 3. The van der Waals surface area contributed by atoms with Crippen LogP contribution in [0.3, 0.4) is 0 Å². The summed E-state index contributed by atoms with van der Waals surface area (Å²) < 4.78 is 36.6. The number of hydrogen-bond donors (Lipinski definition) is 3. The molecule has 3 amide bonds. The zero-order chi connectivity index (χ0) is 32.3. The molecule has 2 atom stereocenters. The van der Waals surface area contributed by atoms with Crippen LogP contribution >= 0.6 is 0 Å². The molecule has 2 saturated heterocycles. The van der Waals surface area contributed by atoms with Gasteiger partial charge in [0.1, 0.15) is 30.6 Å². The molecule has 0 saturated carbocycles. The molecule has 244 valence electrons. The Hall–Kier alpha value is -3.72. The van der Waals surface area contributed by atoms with E-state index < -0.39 is 45.7 Å². The minimum absolute atomic E-state index is 0.0756. The highest BCUT2D eigenvalue weighted by atomic mass is 32.2. The van der Waals surface area contributed by atoms with Gasteiger partial charge in [0, 0.05) is 33.1 Å². The lowest BCUT2D eigenvalue weighted by molar-refractivity contribution is -0.147. The van der Waals surface area contributed by atoms with Crippen LogP contribution in [0.15, 0.2) is 35.4 Å². The molecule has 0 radical (unpaired) electrons. The maximum absolute atomic E-state index is 13.5. The van der Waals surface area contributed by atoms with E-state index in [4.69, 9.17) is 9.47 Å². The monoisotopic (exact) mass is 636 g/mol. The summed E-state index contributed by atoms with van der Waals surface area (Å²) in [5.74, 6) is -0.885. The number of sulfonamides is 1. The number of nitrogens with one attached hydrogen (secondary N) is 3. The topological polar surface area (TPSA) is 176 Å². The third kappa shape index (κ3) is 11.8. The molecule has 0 unspecified atom stereocenters. The normalized spacial score (nSPS) is 18.6. The lowest BCUT2D eigenvalue weighted by Gasteiger charge is -2.32. The van der Waals surface area contributed by atoms with Crippen molar-refractivity contribution < 1.29 is 37.1 Å². The van der Waals surface area contributed by atoms with Crippen molar-refractivity contribution >= 4 is 40.2 Å². The summed E-state index contributed by atoms with van der Waals surface area (Å²) in [7, 11) is -3.66. The van der Waals surface area contributed by atoms with Crippen LogP contribution < -0.4 is 15.5 Å². The molecule has 2 aliphatic rings. The Balaban J connectivity index is 1.44. The molecule has 1 aromatic carbocycles. The van der Waals surface area contributed by atoms with Crippen LogP contribution in [0.25, 0.3) is 0 Å². The van der Waals surface area contributed by atoms with Gasteiger partial charge >= 0.3 is 12.1 Å². The van der Waals surface area contributed by atoms with E-state index in [2.05, 4.69) is 20.6 Å². The first-order valence-corrected chi connectivity index (χ1v) is 16.6. The van der Waals surface area contributed by atoms with Crippen LogP contribution in [0, 0.1) is 5.92 Å². The summed E-state index contributed by atoms with van der Waals surface area (Å²) in [6, 6.07) is 7.50. The lowest BCUT2D eigenvalue weighted by atomic mass is 9.97. The summed E-state index contributed by atoms with van der Waals surface area (Å²) >= 11 is 0. The number of esters is 1. The molecule has 2 aliphatic heterocycles. The fraction of sp³-hybridized carbons (Fsp3) is 0.621. The molecule has 2 fully saturated rings. The van der Waals surface area contributed by atoms with E-state index in [1.54, 1.807) is 13.8 Å². The first kappa shape index (κ1) is 34.8. The third-order valence-corrected chi connectivity index (χ3v) is 8.07. The van der Waals surface area contributed by atoms with Crippen LogP contribution in [0.2, 0.25) is 0 Å². The highest BCUT2D eigenvalue weighted by molar-refractivity contribution is 7.88. The number of amides is 3. The van der Waals surface area contributed by atoms with Gasteiger partial charge in [-0.25, -0.2) is 23.4 Å². The van der Waals surface area contributed by atoms with Gasteiger partial charge in [0.2, 0.25) is 21.8 Å². The zero-order valence-corrected chi connectivity index (χ0v) is 26.6. The number of carbonyl (C=O) groups excluding carboxylic acids is 4. The molecule has 15 heteroatoms. The Morgan fingerprint density at radius 3 is 2.41 bits per heavy atom. The van der Waals surface area contributed by atoms with Gasteiger partial charge in [-0.05, 0) is 57.4 Å². The standard InChI is InChI=1S/C29H44N6O8S/c1-21(36)42-19-29(2,3)43-28(39)32-31-20-34-15-12-23(13-16-34)18-30-26(37)25-11-8-14-35(25)27(38)24(33-44(4,40)41)17-22-9-6-5-7-10-22/h5-7,9-10,20,23-25,33H,8,11-19H2,1-4H3,(H,30,37)(H,32,39)/t24-,25+/m1/s1. The van der Waals surface area contributed by atoms with Crippen LogP contribution in [-0.2, 0) is 40.3 Å². The minimum atomic E-state index is -3.66. The van der Waals surface area contributed by atoms with Gasteiger partial charge in [0.25, 0.3) is 0 Å². The molecule has 0 spiro atoms. The van der Waals surface area contributed by atoms with E-state index in [1.807, 2.05) is 35.2 Å². The summed E-state index contributed by atoms with van der Waals surface area (Å²) in [5.41, 5.74) is 2.11. The third-order valence-electron chi connectivity index (χ3n) is 7.36. The highest BCUT2D eigenvalue weighted by Crippen LogP contribution is 2.21. The van der Waals surface area contributed by atoms with Gasteiger partial charge in [-0.1, -0.05) is 30.3 Å². The zero-order valence-electron chi connectivity index (χ0n) is 25.8. The SMILES string of the molecule is CC(=O)OCC(C)(C)OC(=O)NN=CN1CCC(CNC(=O)[C@@H]2CCCN2C(=O)[C@@H](Cc2ccccc2)NS(C)(=O)=O)CC1. The molecule has 0 aliphatic carbocycles. The molecule has 3 rings (SSSR count). The summed E-state index contributed by atoms with van der Waals surface area (Å²) in [6.07, 6.45) is 4.70. The van der Waals surface area contributed by atoms with Crippen molar-refractivity contribution in [1.82, 2.24) is 25.3 Å². The number of carbonyl (C=O) groups is 4. The minimum Gasteiger partial charge on any atom is -0.462 e. The Labute approximate surface area is 258 Å². The van der Waals surface area contributed by atoms with Crippen LogP contribution in [0.5, 0.6) is 0 Å². The van der Waals surface area contributed by atoms with E-state index in [0.717, 1.165) is 24.7 Å². The number of likely N-dealkylation sites (tertiary alicyclic amines) is 2. The van der Waals surface area contributed by atoms with Crippen molar-refractivity contribution in [2.24, 2.45) is 11.0 Å². The van der Waals surface area contributed by atoms with Crippen molar-refractivity contribution in [3.05, 3.63) is 35.9 Å². The van der Waals surface area contributed by atoms with Gasteiger partial charge in [-0.2, -0.15) is 5.10 Å². The van der Waals surface area contributed by atoms with Gasteiger partial charge in [0.15, 0.2) is 0 Å². The first-order valence-electron chi connectivity index (χ1n) is 14.7. The Kier molecular flexibility index (Phi) is 12.5. The van der Waals surface area contributed by atoms with Gasteiger partial charge < -0.3 is 24.6 Å². The number of hydrogen-bond acceptors (Lipinski definition) is 9. The molecule has 44 heavy (non-hydrogen) atoms. The smallest absolute Gasteiger partial charge is 0.428 e. The number of hydrazone groups is 1. The highest BCUT2D eigenvalue weighted by Gasteiger charge is 2.38.